The molecule has 2 unspecified atom stereocenters. The Kier molecular flexibility index (Phi) is 5.62. The Morgan fingerprint density at radius 1 is 1.16 bits per heavy atom. The first kappa shape index (κ1) is 20.6. The Morgan fingerprint density at radius 3 is 2.69 bits per heavy atom. The van der Waals surface area contributed by atoms with Gasteiger partial charge in [-0.3, -0.25) is 5.10 Å². The standard InChI is InChI=1S/C23H27FN8/c1-13-7-21(32-31-13)29-22-19-5-4-15(24)10-20(19)28-23(30-22)27-18-11-16-8-14(3-2-6-25)9-17(12-18)26-16/h4-5,7,10,14,16-18,26H,2-3,8-9,11-12H2,1H3,(H3,27,28,29,30,31,32). The maximum absolute atomic E-state index is 13.9. The molecule has 4 N–H and O–H groups in total. The Morgan fingerprint density at radius 2 is 1.97 bits per heavy atom. The summed E-state index contributed by atoms with van der Waals surface area (Å²) < 4.78 is 13.9. The molecule has 2 bridgehead atoms. The van der Waals surface area contributed by atoms with Gasteiger partial charge in [-0.15, -0.1) is 0 Å². The molecular formula is C23H27FN8. The molecule has 2 aliphatic rings. The van der Waals surface area contributed by atoms with Crippen molar-refractivity contribution < 1.29 is 4.39 Å². The van der Waals surface area contributed by atoms with E-state index < -0.39 is 0 Å². The molecule has 0 spiro atoms. The van der Waals surface area contributed by atoms with Crippen molar-refractivity contribution in [1.29, 1.82) is 5.26 Å². The molecule has 9 heteroatoms. The number of aromatic amines is 1. The van der Waals surface area contributed by atoms with E-state index >= 15 is 0 Å². The van der Waals surface area contributed by atoms with Crippen LogP contribution in [-0.4, -0.2) is 38.3 Å². The maximum Gasteiger partial charge on any atom is 0.225 e. The van der Waals surface area contributed by atoms with Crippen LogP contribution in [0.15, 0.2) is 24.3 Å². The van der Waals surface area contributed by atoms with Crippen LogP contribution in [0.5, 0.6) is 0 Å². The van der Waals surface area contributed by atoms with Gasteiger partial charge in [-0.1, -0.05) is 0 Å². The summed E-state index contributed by atoms with van der Waals surface area (Å²) in [5, 5.41) is 27.2. The lowest BCUT2D eigenvalue weighted by Crippen LogP contribution is -2.54. The largest absolute Gasteiger partial charge is 0.351 e. The highest BCUT2D eigenvalue weighted by Crippen LogP contribution is 2.34. The number of nitrogens with one attached hydrogen (secondary N) is 4. The van der Waals surface area contributed by atoms with Gasteiger partial charge < -0.3 is 16.0 Å². The number of nitrogens with zero attached hydrogens (tertiary/aromatic N) is 4. The Hall–Kier alpha value is -3.25. The van der Waals surface area contributed by atoms with Gasteiger partial charge in [-0.2, -0.15) is 15.3 Å². The van der Waals surface area contributed by atoms with Gasteiger partial charge in [0.1, 0.15) is 11.6 Å². The first-order chi connectivity index (χ1) is 15.6. The predicted molar refractivity (Wildman–Crippen MR) is 121 cm³/mol. The van der Waals surface area contributed by atoms with Crippen LogP contribution >= 0.6 is 0 Å². The highest BCUT2D eigenvalue weighted by molar-refractivity contribution is 5.91. The summed E-state index contributed by atoms with van der Waals surface area (Å²) in [6.07, 6.45) is 5.79. The van der Waals surface area contributed by atoms with Crippen molar-refractivity contribution in [2.75, 3.05) is 10.6 Å². The predicted octanol–water partition coefficient (Wildman–Crippen LogP) is 4.16. The SMILES string of the molecule is Cc1cc(Nc2nc(NC3CC4CC(CCC#N)CC(C3)N4)nc3cc(F)ccc23)n[nH]1. The fourth-order valence-corrected chi connectivity index (χ4v) is 5.15. The third-order valence-electron chi connectivity index (χ3n) is 6.45. The summed E-state index contributed by atoms with van der Waals surface area (Å²) in [6.45, 7) is 1.93. The van der Waals surface area contributed by atoms with Crippen LogP contribution in [0, 0.1) is 30.0 Å². The second-order valence-corrected chi connectivity index (χ2v) is 9.03. The quantitative estimate of drug-likeness (QED) is 0.461. The van der Waals surface area contributed by atoms with E-state index in [4.69, 9.17) is 10.2 Å². The van der Waals surface area contributed by atoms with Crippen LogP contribution in [-0.2, 0) is 0 Å². The Bertz CT molecular complexity index is 1140. The van der Waals surface area contributed by atoms with Crippen LogP contribution < -0.4 is 16.0 Å². The van der Waals surface area contributed by atoms with Gasteiger partial charge in [-0.05, 0) is 57.1 Å². The molecule has 3 aromatic rings. The molecule has 1 aromatic carbocycles. The van der Waals surface area contributed by atoms with E-state index in [0.717, 1.165) is 43.2 Å². The zero-order valence-corrected chi connectivity index (χ0v) is 18.0. The normalized spacial score (nSPS) is 24.8. The molecule has 0 saturated carbocycles. The molecule has 166 valence electrons. The first-order valence-corrected chi connectivity index (χ1v) is 11.2. The summed E-state index contributed by atoms with van der Waals surface area (Å²) in [7, 11) is 0. The molecule has 2 fully saturated rings. The molecule has 2 atom stereocenters. The van der Waals surface area contributed by atoms with Crippen LogP contribution in [0.4, 0.5) is 22.0 Å². The smallest absolute Gasteiger partial charge is 0.225 e. The van der Waals surface area contributed by atoms with Crippen molar-refractivity contribution in [2.45, 2.75) is 63.6 Å². The number of anilines is 3. The summed E-state index contributed by atoms with van der Waals surface area (Å²) in [5.41, 5.74) is 1.48. The minimum absolute atomic E-state index is 0.245. The monoisotopic (exact) mass is 434 g/mol. The molecule has 0 amide bonds. The van der Waals surface area contributed by atoms with E-state index in [1.54, 1.807) is 6.07 Å². The minimum Gasteiger partial charge on any atom is -0.351 e. The van der Waals surface area contributed by atoms with Gasteiger partial charge in [0.15, 0.2) is 5.82 Å². The average Bonchev–Trinajstić information content (AvgIpc) is 3.16. The number of aryl methyl sites for hydroxylation is 1. The molecular weight excluding hydrogens is 407 g/mol. The molecule has 5 rings (SSSR count). The first-order valence-electron chi connectivity index (χ1n) is 11.2. The van der Waals surface area contributed by atoms with Gasteiger partial charge in [0.25, 0.3) is 0 Å². The fourth-order valence-electron chi connectivity index (χ4n) is 5.15. The van der Waals surface area contributed by atoms with E-state index in [1.807, 2.05) is 13.0 Å². The van der Waals surface area contributed by atoms with Crippen molar-refractivity contribution in [2.24, 2.45) is 5.92 Å². The third kappa shape index (κ3) is 4.50. The lowest BCUT2D eigenvalue weighted by molar-refractivity contribution is 0.171. The summed E-state index contributed by atoms with van der Waals surface area (Å²) in [4.78, 5) is 9.31. The van der Waals surface area contributed by atoms with Crippen molar-refractivity contribution in [1.82, 2.24) is 25.5 Å². The highest BCUT2D eigenvalue weighted by atomic mass is 19.1. The van der Waals surface area contributed by atoms with Crippen LogP contribution in [0.25, 0.3) is 10.9 Å². The zero-order chi connectivity index (χ0) is 22.1. The number of H-pyrrole nitrogens is 1. The molecule has 2 aliphatic heterocycles. The molecule has 2 saturated heterocycles. The Balaban J connectivity index is 1.36. The maximum atomic E-state index is 13.9. The summed E-state index contributed by atoms with van der Waals surface area (Å²) in [5.74, 6) is 2.03. The number of aromatic nitrogens is 4. The lowest BCUT2D eigenvalue weighted by Gasteiger charge is -2.43. The molecule has 0 radical (unpaired) electrons. The number of rotatable bonds is 6. The molecule has 4 heterocycles. The zero-order valence-electron chi connectivity index (χ0n) is 18.0. The Labute approximate surface area is 186 Å². The van der Waals surface area contributed by atoms with Gasteiger partial charge in [0.2, 0.25) is 5.95 Å². The van der Waals surface area contributed by atoms with E-state index in [1.165, 1.54) is 12.1 Å². The molecule has 2 aromatic heterocycles. The number of benzene rings is 1. The van der Waals surface area contributed by atoms with Gasteiger partial charge >= 0.3 is 0 Å². The molecule has 32 heavy (non-hydrogen) atoms. The number of nitriles is 1. The number of piperidine rings is 2. The second-order valence-electron chi connectivity index (χ2n) is 9.03. The lowest BCUT2D eigenvalue weighted by atomic mass is 9.77. The van der Waals surface area contributed by atoms with E-state index in [2.05, 4.69) is 37.2 Å². The van der Waals surface area contributed by atoms with Crippen molar-refractivity contribution in [3.8, 4) is 6.07 Å². The van der Waals surface area contributed by atoms with E-state index in [0.29, 0.717) is 47.5 Å². The topological polar surface area (TPSA) is 114 Å². The number of hydrogen-bond donors (Lipinski definition) is 4. The van der Waals surface area contributed by atoms with Crippen LogP contribution in [0.1, 0.15) is 44.2 Å². The van der Waals surface area contributed by atoms with Gasteiger partial charge in [0, 0.05) is 47.8 Å². The number of hydrogen-bond acceptors (Lipinski definition) is 7. The van der Waals surface area contributed by atoms with Crippen LogP contribution in [0.3, 0.4) is 0 Å². The van der Waals surface area contributed by atoms with Crippen molar-refractivity contribution in [3.63, 3.8) is 0 Å². The number of halogens is 1. The molecule has 0 aliphatic carbocycles. The molecule has 8 nitrogen and oxygen atoms in total. The van der Waals surface area contributed by atoms with E-state index in [9.17, 15) is 4.39 Å². The van der Waals surface area contributed by atoms with Crippen molar-refractivity contribution >= 4 is 28.5 Å². The minimum atomic E-state index is -0.330. The third-order valence-corrected chi connectivity index (χ3v) is 6.45. The van der Waals surface area contributed by atoms with E-state index in [-0.39, 0.29) is 11.9 Å². The average molecular weight is 435 g/mol. The van der Waals surface area contributed by atoms with Crippen LogP contribution in [0.2, 0.25) is 0 Å². The van der Waals surface area contributed by atoms with Gasteiger partial charge in [-0.25, -0.2) is 9.37 Å². The van der Waals surface area contributed by atoms with Gasteiger partial charge in [0.05, 0.1) is 11.6 Å². The highest BCUT2D eigenvalue weighted by Gasteiger charge is 2.35. The number of fused-ring (bicyclic) bond motifs is 3. The summed E-state index contributed by atoms with van der Waals surface area (Å²) >= 11 is 0. The summed E-state index contributed by atoms with van der Waals surface area (Å²) in [6, 6.07) is 9.82. The second kappa shape index (κ2) is 8.71. The fraction of sp³-hybridized carbons (Fsp3) is 0.478. The van der Waals surface area contributed by atoms with Crippen molar-refractivity contribution in [3.05, 3.63) is 35.8 Å².